The molecule has 6 nitrogen and oxygen atoms in total. The Balaban J connectivity index is 2.43. The molecular formula is C8H12Cl2O6. The largest absolute Gasteiger partial charge is 0.461 e. The Bertz CT molecular complexity index is 249. The third-order valence-corrected chi connectivity index (χ3v) is 2.47. The first-order valence-electron chi connectivity index (χ1n) is 4.56. The van der Waals surface area contributed by atoms with E-state index in [1.807, 2.05) is 0 Å². The Morgan fingerprint density at radius 3 is 2.62 bits per heavy atom. The van der Waals surface area contributed by atoms with Gasteiger partial charge in [-0.15, -0.1) is 0 Å². The molecule has 4 unspecified atom stereocenters. The molecule has 3 N–H and O–H groups in total. The van der Waals surface area contributed by atoms with E-state index in [-0.39, 0.29) is 13.0 Å². The number of halogens is 2. The SMILES string of the molecule is O=C(OCC1OC(O)CC(O)C1O)C(Cl)Cl. The second-order valence-electron chi connectivity index (χ2n) is 3.35. The summed E-state index contributed by atoms with van der Waals surface area (Å²) in [5.74, 6) is -0.881. The minimum atomic E-state index is -1.32. The van der Waals surface area contributed by atoms with Crippen LogP contribution >= 0.6 is 23.2 Å². The highest BCUT2D eigenvalue weighted by atomic mass is 35.5. The topological polar surface area (TPSA) is 96.2 Å². The van der Waals surface area contributed by atoms with Crippen molar-refractivity contribution in [1.82, 2.24) is 0 Å². The van der Waals surface area contributed by atoms with Gasteiger partial charge in [0.05, 0.1) is 6.10 Å². The van der Waals surface area contributed by atoms with Crippen LogP contribution in [0.15, 0.2) is 0 Å². The monoisotopic (exact) mass is 274 g/mol. The summed E-state index contributed by atoms with van der Waals surface area (Å²) in [6.45, 7) is -0.343. The molecule has 1 saturated heterocycles. The van der Waals surface area contributed by atoms with Crippen LogP contribution in [0.4, 0.5) is 0 Å². The van der Waals surface area contributed by atoms with Crippen molar-refractivity contribution in [3.63, 3.8) is 0 Å². The van der Waals surface area contributed by atoms with E-state index < -0.39 is 35.4 Å². The molecule has 0 amide bonds. The van der Waals surface area contributed by atoms with Gasteiger partial charge in [0, 0.05) is 6.42 Å². The van der Waals surface area contributed by atoms with Crippen LogP contribution < -0.4 is 0 Å². The third kappa shape index (κ3) is 3.73. The van der Waals surface area contributed by atoms with E-state index >= 15 is 0 Å². The fourth-order valence-electron chi connectivity index (χ4n) is 1.30. The molecule has 0 aliphatic carbocycles. The predicted molar refractivity (Wildman–Crippen MR) is 54.0 cm³/mol. The van der Waals surface area contributed by atoms with Crippen molar-refractivity contribution in [3.05, 3.63) is 0 Å². The molecule has 0 saturated carbocycles. The van der Waals surface area contributed by atoms with Gasteiger partial charge in [0.1, 0.15) is 18.8 Å². The van der Waals surface area contributed by atoms with E-state index in [4.69, 9.17) is 33.0 Å². The maximum Gasteiger partial charge on any atom is 0.339 e. The van der Waals surface area contributed by atoms with Crippen LogP contribution in [0.3, 0.4) is 0 Å². The molecule has 0 bridgehead atoms. The predicted octanol–water partition coefficient (Wildman–Crippen LogP) is -0.838. The van der Waals surface area contributed by atoms with Crippen molar-refractivity contribution in [2.75, 3.05) is 6.61 Å². The lowest BCUT2D eigenvalue weighted by Crippen LogP contribution is -2.50. The van der Waals surface area contributed by atoms with Crippen LogP contribution in [0.5, 0.6) is 0 Å². The molecule has 8 heteroatoms. The molecule has 1 rings (SSSR count). The van der Waals surface area contributed by atoms with Crippen molar-refractivity contribution >= 4 is 29.2 Å². The van der Waals surface area contributed by atoms with Crippen molar-refractivity contribution in [2.24, 2.45) is 0 Å². The zero-order chi connectivity index (χ0) is 12.3. The van der Waals surface area contributed by atoms with Crippen LogP contribution in [-0.4, -0.2) is 57.3 Å². The summed E-state index contributed by atoms with van der Waals surface area (Å²) in [5.41, 5.74) is 0. The first-order valence-corrected chi connectivity index (χ1v) is 5.43. The molecular weight excluding hydrogens is 263 g/mol. The Morgan fingerprint density at radius 1 is 1.44 bits per heavy atom. The van der Waals surface area contributed by atoms with Gasteiger partial charge in [0.15, 0.2) is 6.29 Å². The minimum absolute atomic E-state index is 0.0980. The van der Waals surface area contributed by atoms with Gasteiger partial charge in [0.25, 0.3) is 0 Å². The van der Waals surface area contributed by atoms with Crippen LogP contribution in [0.1, 0.15) is 6.42 Å². The third-order valence-electron chi connectivity index (χ3n) is 2.12. The number of alkyl halides is 2. The zero-order valence-corrected chi connectivity index (χ0v) is 9.64. The summed E-state index contributed by atoms with van der Waals surface area (Å²) in [6.07, 6.45) is -4.67. The first kappa shape index (κ1) is 14.0. The Morgan fingerprint density at radius 2 is 2.06 bits per heavy atom. The van der Waals surface area contributed by atoms with Crippen LogP contribution in [-0.2, 0) is 14.3 Å². The minimum Gasteiger partial charge on any atom is -0.461 e. The average molecular weight is 275 g/mol. The van der Waals surface area contributed by atoms with E-state index in [0.717, 1.165) is 0 Å². The maximum absolute atomic E-state index is 10.9. The quantitative estimate of drug-likeness (QED) is 0.459. The highest BCUT2D eigenvalue weighted by Gasteiger charge is 2.36. The molecule has 0 aromatic rings. The summed E-state index contributed by atoms with van der Waals surface area (Å²) < 4.78 is 9.48. The second-order valence-corrected chi connectivity index (χ2v) is 4.45. The number of carbonyl (C=O) groups excluding carboxylic acids is 1. The lowest BCUT2D eigenvalue weighted by molar-refractivity contribution is -0.241. The number of aliphatic hydroxyl groups excluding tert-OH is 3. The van der Waals surface area contributed by atoms with Gasteiger partial charge in [0.2, 0.25) is 4.84 Å². The van der Waals surface area contributed by atoms with Gasteiger partial charge in [-0.05, 0) is 0 Å². The van der Waals surface area contributed by atoms with E-state index in [2.05, 4.69) is 4.74 Å². The first-order chi connectivity index (χ1) is 7.41. The highest BCUT2D eigenvalue weighted by molar-refractivity contribution is 6.52. The summed E-state index contributed by atoms with van der Waals surface area (Å²) in [4.78, 5) is 9.58. The fraction of sp³-hybridized carbons (Fsp3) is 0.875. The molecule has 4 atom stereocenters. The smallest absolute Gasteiger partial charge is 0.339 e. The molecule has 1 aliphatic rings. The molecule has 1 heterocycles. The van der Waals surface area contributed by atoms with E-state index in [0.29, 0.717) is 0 Å². The van der Waals surface area contributed by atoms with E-state index in [1.165, 1.54) is 0 Å². The lowest BCUT2D eigenvalue weighted by atomic mass is 10.0. The van der Waals surface area contributed by atoms with Crippen molar-refractivity contribution in [2.45, 2.75) is 35.9 Å². The van der Waals surface area contributed by atoms with Crippen LogP contribution in [0, 0.1) is 0 Å². The second kappa shape index (κ2) is 6.00. The summed E-state index contributed by atoms with van der Waals surface area (Å²) >= 11 is 10.5. The molecule has 0 radical (unpaired) electrons. The van der Waals surface area contributed by atoms with Gasteiger partial charge < -0.3 is 24.8 Å². The van der Waals surface area contributed by atoms with Gasteiger partial charge in [-0.1, -0.05) is 23.2 Å². The molecule has 16 heavy (non-hydrogen) atoms. The number of ether oxygens (including phenoxy) is 2. The molecule has 1 fully saturated rings. The number of aliphatic hydroxyl groups is 3. The van der Waals surface area contributed by atoms with Gasteiger partial charge >= 0.3 is 5.97 Å². The van der Waals surface area contributed by atoms with E-state index in [1.54, 1.807) is 0 Å². The maximum atomic E-state index is 10.9. The van der Waals surface area contributed by atoms with Crippen molar-refractivity contribution < 1.29 is 29.6 Å². The Hall–Kier alpha value is -0.110. The molecule has 0 spiro atoms. The average Bonchev–Trinajstić information content (AvgIpc) is 2.20. The van der Waals surface area contributed by atoms with Gasteiger partial charge in [-0.3, -0.25) is 0 Å². The number of rotatable bonds is 3. The Labute approximate surface area is 102 Å². The molecule has 1 aliphatic heterocycles. The number of esters is 1. The number of carbonyl (C=O) groups is 1. The standard InChI is InChI=1S/C8H12Cl2O6/c9-7(10)8(14)15-2-4-6(13)3(11)1-5(12)16-4/h3-7,11-13H,1-2H2. The van der Waals surface area contributed by atoms with Crippen LogP contribution in [0.25, 0.3) is 0 Å². The van der Waals surface area contributed by atoms with Crippen LogP contribution in [0.2, 0.25) is 0 Å². The summed E-state index contributed by atoms with van der Waals surface area (Å²) in [7, 11) is 0. The van der Waals surface area contributed by atoms with Gasteiger partial charge in [-0.2, -0.15) is 0 Å². The van der Waals surface area contributed by atoms with Crippen molar-refractivity contribution in [3.8, 4) is 0 Å². The normalized spacial score (nSPS) is 35.1. The van der Waals surface area contributed by atoms with Gasteiger partial charge in [-0.25, -0.2) is 4.79 Å². The lowest BCUT2D eigenvalue weighted by Gasteiger charge is -2.34. The molecule has 94 valence electrons. The number of hydrogen-bond donors (Lipinski definition) is 3. The molecule has 0 aromatic carbocycles. The summed E-state index contributed by atoms with van der Waals surface area (Å²) in [5, 5.41) is 27.9. The Kier molecular flexibility index (Phi) is 5.23. The summed E-state index contributed by atoms with van der Waals surface area (Å²) in [6, 6.07) is 0. The highest BCUT2D eigenvalue weighted by Crippen LogP contribution is 2.19. The van der Waals surface area contributed by atoms with Crippen molar-refractivity contribution in [1.29, 1.82) is 0 Å². The zero-order valence-electron chi connectivity index (χ0n) is 8.12. The van der Waals surface area contributed by atoms with E-state index in [9.17, 15) is 15.0 Å². The molecule has 0 aromatic heterocycles. The number of hydrogen-bond acceptors (Lipinski definition) is 6. The fourth-order valence-corrected chi connectivity index (χ4v) is 1.42.